The van der Waals surface area contributed by atoms with Crippen molar-refractivity contribution in [3.63, 3.8) is 0 Å². The van der Waals surface area contributed by atoms with Gasteiger partial charge in [0.25, 0.3) is 0 Å². The first kappa shape index (κ1) is 19.7. The normalized spacial score (nSPS) is 23.7. The Balaban J connectivity index is 1.53. The number of likely N-dealkylation sites (tertiary alicyclic amines) is 1. The molecule has 0 spiro atoms. The van der Waals surface area contributed by atoms with Gasteiger partial charge < -0.3 is 14.4 Å². The third-order valence-corrected chi connectivity index (χ3v) is 6.79. The molecule has 2 aliphatic rings. The van der Waals surface area contributed by atoms with Crippen LogP contribution in [0.25, 0.3) is 0 Å². The third kappa shape index (κ3) is 4.61. The first-order valence-corrected chi connectivity index (χ1v) is 10.3. The van der Waals surface area contributed by atoms with Gasteiger partial charge in [0.05, 0.1) is 0 Å². The van der Waals surface area contributed by atoms with Crippen LogP contribution in [-0.4, -0.2) is 43.3 Å². The van der Waals surface area contributed by atoms with Gasteiger partial charge in [0, 0.05) is 26.2 Å². The maximum absolute atomic E-state index is 6.19. The number of methoxy groups -OCH3 is 1. The van der Waals surface area contributed by atoms with E-state index in [-0.39, 0.29) is 5.60 Å². The molecule has 1 aromatic rings. The van der Waals surface area contributed by atoms with E-state index >= 15 is 0 Å². The van der Waals surface area contributed by atoms with Crippen molar-refractivity contribution in [3.05, 3.63) is 29.3 Å². The molecule has 0 amide bonds. The SMILES string of the molecule is COC1(COc2ccc(C)cc2C)CCN(C2CCC(C)(C)CC2)CC1. The molecule has 3 rings (SSSR count). The lowest BCUT2D eigenvalue weighted by atomic mass is 9.75. The molecule has 0 aromatic heterocycles. The van der Waals surface area contributed by atoms with Crippen LogP contribution in [0.1, 0.15) is 63.5 Å². The first-order chi connectivity index (χ1) is 12.3. The molecule has 1 heterocycles. The highest BCUT2D eigenvalue weighted by Crippen LogP contribution is 2.38. The summed E-state index contributed by atoms with van der Waals surface area (Å²) < 4.78 is 12.2. The zero-order valence-electron chi connectivity index (χ0n) is 17.4. The highest BCUT2D eigenvalue weighted by molar-refractivity contribution is 5.35. The maximum atomic E-state index is 6.19. The topological polar surface area (TPSA) is 21.7 Å². The van der Waals surface area contributed by atoms with Crippen molar-refractivity contribution in [2.45, 2.75) is 77.9 Å². The molecular formula is C23H37NO2. The monoisotopic (exact) mass is 359 g/mol. The summed E-state index contributed by atoms with van der Waals surface area (Å²) in [7, 11) is 1.85. The Bertz CT molecular complexity index is 592. The van der Waals surface area contributed by atoms with Crippen LogP contribution in [0.5, 0.6) is 5.75 Å². The second-order valence-corrected chi connectivity index (χ2v) is 9.38. The molecule has 3 heteroatoms. The van der Waals surface area contributed by atoms with Crippen LogP contribution < -0.4 is 4.74 Å². The van der Waals surface area contributed by atoms with Crippen LogP contribution in [0.2, 0.25) is 0 Å². The highest BCUT2D eigenvalue weighted by Gasteiger charge is 2.39. The van der Waals surface area contributed by atoms with Gasteiger partial charge in [-0.2, -0.15) is 0 Å². The smallest absolute Gasteiger partial charge is 0.122 e. The molecule has 0 radical (unpaired) electrons. The summed E-state index contributed by atoms with van der Waals surface area (Å²) in [5.74, 6) is 0.990. The minimum atomic E-state index is -0.137. The van der Waals surface area contributed by atoms with Crippen molar-refractivity contribution in [1.29, 1.82) is 0 Å². The molecule has 0 bridgehead atoms. The van der Waals surface area contributed by atoms with Crippen LogP contribution in [0.4, 0.5) is 0 Å². The second kappa shape index (κ2) is 7.90. The fourth-order valence-corrected chi connectivity index (χ4v) is 4.62. The minimum Gasteiger partial charge on any atom is -0.490 e. The van der Waals surface area contributed by atoms with Crippen molar-refractivity contribution in [2.24, 2.45) is 5.41 Å². The van der Waals surface area contributed by atoms with E-state index < -0.39 is 0 Å². The van der Waals surface area contributed by atoms with Crippen molar-refractivity contribution < 1.29 is 9.47 Å². The quantitative estimate of drug-likeness (QED) is 0.727. The van der Waals surface area contributed by atoms with E-state index in [9.17, 15) is 0 Å². The molecule has 0 atom stereocenters. The molecule has 0 N–H and O–H groups in total. The van der Waals surface area contributed by atoms with Crippen molar-refractivity contribution >= 4 is 0 Å². The predicted octanol–water partition coefficient (Wildman–Crippen LogP) is 5.13. The maximum Gasteiger partial charge on any atom is 0.122 e. The first-order valence-electron chi connectivity index (χ1n) is 10.3. The number of nitrogens with zero attached hydrogens (tertiary/aromatic N) is 1. The number of rotatable bonds is 5. The van der Waals surface area contributed by atoms with Crippen molar-refractivity contribution in [3.8, 4) is 5.75 Å². The van der Waals surface area contributed by atoms with E-state index in [0.29, 0.717) is 12.0 Å². The number of hydrogen-bond acceptors (Lipinski definition) is 3. The Morgan fingerprint density at radius 3 is 2.27 bits per heavy atom. The van der Waals surface area contributed by atoms with Crippen LogP contribution >= 0.6 is 0 Å². The Morgan fingerprint density at radius 2 is 1.69 bits per heavy atom. The van der Waals surface area contributed by atoms with Crippen LogP contribution in [0, 0.1) is 19.3 Å². The molecule has 1 aromatic carbocycles. The number of hydrogen-bond donors (Lipinski definition) is 0. The third-order valence-electron chi connectivity index (χ3n) is 6.79. The predicted molar refractivity (Wildman–Crippen MR) is 108 cm³/mol. The zero-order valence-corrected chi connectivity index (χ0v) is 17.4. The summed E-state index contributed by atoms with van der Waals surface area (Å²) in [6.07, 6.45) is 7.56. The fraction of sp³-hybridized carbons (Fsp3) is 0.739. The molecular weight excluding hydrogens is 322 g/mol. The Morgan fingerprint density at radius 1 is 1.04 bits per heavy atom. The van der Waals surface area contributed by atoms with Gasteiger partial charge in [0.15, 0.2) is 0 Å². The van der Waals surface area contributed by atoms with E-state index in [1.54, 1.807) is 0 Å². The summed E-state index contributed by atoms with van der Waals surface area (Å²) in [6, 6.07) is 7.17. The number of benzene rings is 1. The Hall–Kier alpha value is -1.06. The van der Waals surface area contributed by atoms with Gasteiger partial charge in [-0.05, 0) is 69.4 Å². The molecule has 0 unspecified atom stereocenters. The van der Waals surface area contributed by atoms with Gasteiger partial charge in [0.1, 0.15) is 18.0 Å². The zero-order chi connectivity index (χ0) is 18.8. The summed E-state index contributed by atoms with van der Waals surface area (Å²) >= 11 is 0. The van der Waals surface area contributed by atoms with Crippen molar-refractivity contribution in [2.75, 3.05) is 26.8 Å². The van der Waals surface area contributed by atoms with Crippen LogP contribution in [-0.2, 0) is 4.74 Å². The number of piperidine rings is 1. The summed E-state index contributed by atoms with van der Waals surface area (Å²) in [4.78, 5) is 2.71. The lowest BCUT2D eigenvalue weighted by molar-refractivity contribution is -0.0913. The van der Waals surface area contributed by atoms with E-state index in [0.717, 1.165) is 37.7 Å². The standard InChI is InChI=1S/C23H37NO2/c1-18-6-7-21(19(2)16-18)26-17-23(25-5)12-14-24(15-13-23)20-8-10-22(3,4)11-9-20/h6-7,16,20H,8-15,17H2,1-5H3. The van der Waals surface area contributed by atoms with Gasteiger partial charge in [-0.25, -0.2) is 0 Å². The summed E-state index contributed by atoms with van der Waals surface area (Å²) in [6.45, 7) is 12.0. The van der Waals surface area contributed by atoms with Gasteiger partial charge >= 0.3 is 0 Å². The minimum absolute atomic E-state index is 0.137. The summed E-state index contributed by atoms with van der Waals surface area (Å²) in [5.41, 5.74) is 2.89. The van der Waals surface area contributed by atoms with E-state index in [1.165, 1.54) is 36.8 Å². The average Bonchev–Trinajstić information content (AvgIpc) is 2.62. The molecule has 1 aliphatic carbocycles. The average molecular weight is 360 g/mol. The second-order valence-electron chi connectivity index (χ2n) is 9.38. The molecule has 3 nitrogen and oxygen atoms in total. The summed E-state index contributed by atoms with van der Waals surface area (Å²) in [5, 5.41) is 0. The van der Waals surface area contributed by atoms with Gasteiger partial charge in [-0.3, -0.25) is 0 Å². The molecule has 1 saturated heterocycles. The van der Waals surface area contributed by atoms with Crippen molar-refractivity contribution in [1.82, 2.24) is 4.90 Å². The molecule has 2 fully saturated rings. The molecule has 146 valence electrons. The molecule has 26 heavy (non-hydrogen) atoms. The van der Waals surface area contributed by atoms with Crippen LogP contribution in [0.15, 0.2) is 18.2 Å². The Labute approximate surface area is 160 Å². The van der Waals surface area contributed by atoms with E-state index in [1.807, 2.05) is 7.11 Å². The number of aryl methyl sites for hydroxylation is 2. The van der Waals surface area contributed by atoms with E-state index in [2.05, 4.69) is 50.8 Å². The van der Waals surface area contributed by atoms with E-state index in [4.69, 9.17) is 9.47 Å². The molecule has 1 saturated carbocycles. The molecule has 1 aliphatic heterocycles. The van der Waals surface area contributed by atoms with Crippen LogP contribution in [0.3, 0.4) is 0 Å². The number of ether oxygens (including phenoxy) is 2. The fourth-order valence-electron chi connectivity index (χ4n) is 4.62. The lowest BCUT2D eigenvalue weighted by Gasteiger charge is -2.46. The lowest BCUT2D eigenvalue weighted by Crippen LogP contribution is -2.52. The largest absolute Gasteiger partial charge is 0.490 e. The highest BCUT2D eigenvalue weighted by atomic mass is 16.5. The Kier molecular flexibility index (Phi) is 5.98. The van der Waals surface area contributed by atoms with Gasteiger partial charge in [-0.15, -0.1) is 0 Å². The van der Waals surface area contributed by atoms with Gasteiger partial charge in [-0.1, -0.05) is 31.5 Å². The van der Waals surface area contributed by atoms with Gasteiger partial charge in [0.2, 0.25) is 0 Å².